The lowest BCUT2D eigenvalue weighted by Crippen LogP contribution is -2.32. The molecule has 1 aromatic heterocycles. The number of nitrogens with zero attached hydrogens (tertiary/aromatic N) is 1. The van der Waals surface area contributed by atoms with Crippen molar-refractivity contribution in [1.82, 2.24) is 9.55 Å². The first-order valence-electron chi connectivity index (χ1n) is 7.75. The molecule has 1 saturated carbocycles. The summed E-state index contributed by atoms with van der Waals surface area (Å²) in [4.78, 5) is 14.7. The lowest BCUT2D eigenvalue weighted by atomic mass is 9.94. The van der Waals surface area contributed by atoms with Crippen molar-refractivity contribution in [3.63, 3.8) is 0 Å². The molecule has 6 nitrogen and oxygen atoms in total. The molecule has 7 heteroatoms. The maximum absolute atomic E-state index is 12.1. The third kappa shape index (κ3) is 3.11. The van der Waals surface area contributed by atoms with Gasteiger partial charge in [-0.25, -0.2) is 0 Å². The molecule has 23 heavy (non-hydrogen) atoms. The topological polar surface area (TPSA) is 76.5 Å². The van der Waals surface area contributed by atoms with Gasteiger partial charge in [0.25, 0.3) is 5.56 Å². The van der Waals surface area contributed by atoms with E-state index in [1.54, 1.807) is 6.08 Å². The van der Waals surface area contributed by atoms with Gasteiger partial charge in [0, 0.05) is 19.4 Å². The molecule has 2 aliphatic rings. The average molecular weight is 336 g/mol. The van der Waals surface area contributed by atoms with E-state index in [-0.39, 0.29) is 16.2 Å². The molecule has 1 saturated heterocycles. The highest BCUT2D eigenvalue weighted by molar-refractivity contribution is 7.71. The van der Waals surface area contributed by atoms with Crippen LogP contribution >= 0.6 is 12.2 Å². The molecular formula is C16H20N2O4S. The molecule has 1 aliphatic carbocycles. The smallest absolute Gasteiger partial charge is 0.262 e. The molecule has 1 aliphatic heterocycles. The molecule has 2 fully saturated rings. The Morgan fingerprint density at radius 3 is 2.83 bits per heavy atom. The maximum Gasteiger partial charge on any atom is 0.262 e. The number of aromatic nitrogens is 2. The number of aromatic hydroxyl groups is 1. The summed E-state index contributed by atoms with van der Waals surface area (Å²) in [6, 6.07) is 0. The predicted octanol–water partition coefficient (Wildman–Crippen LogP) is 2.85. The van der Waals surface area contributed by atoms with Crippen LogP contribution in [-0.4, -0.2) is 27.1 Å². The van der Waals surface area contributed by atoms with Gasteiger partial charge in [-0.3, -0.25) is 14.3 Å². The van der Waals surface area contributed by atoms with Gasteiger partial charge >= 0.3 is 0 Å². The minimum absolute atomic E-state index is 0.118. The summed E-state index contributed by atoms with van der Waals surface area (Å²) in [5.74, 6) is -0.198. The molecule has 3 rings (SSSR count). The fraction of sp³-hybridized carbons (Fsp3) is 0.500. The van der Waals surface area contributed by atoms with E-state index in [2.05, 4.69) is 11.6 Å². The third-order valence-electron chi connectivity index (χ3n) is 4.23. The molecular weight excluding hydrogens is 316 g/mol. The second-order valence-electron chi connectivity index (χ2n) is 5.87. The lowest BCUT2D eigenvalue weighted by Gasteiger charge is -2.30. The number of H-pyrrole nitrogens is 1. The van der Waals surface area contributed by atoms with Crippen LogP contribution in [0.3, 0.4) is 0 Å². The Bertz CT molecular complexity index is 756. The standard InChI is InChI=1S/C16H20N2O4S/c1-2-8-18-14(20)12(13(19)17-15(18)23)9-11-10-21-16(22-11)6-4-3-5-7-16/h2,9,20H,1,3-8,10H2,(H,17,19,23). The third-order valence-corrected chi connectivity index (χ3v) is 4.56. The molecule has 0 unspecified atom stereocenters. The van der Waals surface area contributed by atoms with Gasteiger partial charge in [-0.1, -0.05) is 12.5 Å². The Balaban J connectivity index is 1.94. The summed E-state index contributed by atoms with van der Waals surface area (Å²) in [6.45, 7) is 4.23. The fourth-order valence-corrected chi connectivity index (χ4v) is 3.33. The van der Waals surface area contributed by atoms with Crippen molar-refractivity contribution in [3.05, 3.63) is 39.1 Å². The quantitative estimate of drug-likeness (QED) is 0.656. The Morgan fingerprint density at radius 1 is 1.39 bits per heavy atom. The summed E-state index contributed by atoms with van der Waals surface area (Å²) in [5, 5.41) is 10.3. The minimum atomic E-state index is -0.554. The second kappa shape index (κ2) is 6.33. The van der Waals surface area contributed by atoms with Crippen molar-refractivity contribution < 1.29 is 14.6 Å². The molecule has 0 bridgehead atoms. The largest absolute Gasteiger partial charge is 0.494 e. The fourth-order valence-electron chi connectivity index (χ4n) is 3.07. The van der Waals surface area contributed by atoms with Gasteiger partial charge in [0.05, 0.1) is 0 Å². The van der Waals surface area contributed by atoms with Crippen LogP contribution in [0, 0.1) is 4.77 Å². The summed E-state index contributed by atoms with van der Waals surface area (Å²) >= 11 is 5.06. The van der Waals surface area contributed by atoms with Gasteiger partial charge in [0.1, 0.15) is 17.9 Å². The monoisotopic (exact) mass is 336 g/mol. The van der Waals surface area contributed by atoms with Gasteiger partial charge in [0.15, 0.2) is 4.77 Å². The van der Waals surface area contributed by atoms with E-state index >= 15 is 0 Å². The van der Waals surface area contributed by atoms with E-state index in [0.29, 0.717) is 18.9 Å². The van der Waals surface area contributed by atoms with Crippen LogP contribution in [-0.2, 0) is 16.0 Å². The SMILES string of the molecule is C=CCn1c(O)c(C=C2COC3(CCCCC3)O2)c(=O)[nH]c1=S. The van der Waals surface area contributed by atoms with Crippen LogP contribution in [0.15, 0.2) is 23.2 Å². The Kier molecular flexibility index (Phi) is 4.41. The van der Waals surface area contributed by atoms with Gasteiger partial charge in [-0.05, 0) is 31.1 Å². The number of ether oxygens (including phenoxy) is 2. The molecule has 2 heterocycles. The summed E-state index contributed by atoms with van der Waals surface area (Å²) in [5.41, 5.74) is -0.333. The molecule has 124 valence electrons. The van der Waals surface area contributed by atoms with Crippen molar-refractivity contribution >= 4 is 18.3 Å². The number of nitrogens with one attached hydrogen (secondary N) is 1. The normalized spacial score (nSPS) is 21.5. The van der Waals surface area contributed by atoms with Crippen molar-refractivity contribution in [2.75, 3.05) is 6.61 Å². The number of allylic oxidation sites excluding steroid dienone is 1. The van der Waals surface area contributed by atoms with E-state index in [0.717, 1.165) is 25.7 Å². The first-order valence-corrected chi connectivity index (χ1v) is 8.16. The van der Waals surface area contributed by atoms with E-state index in [1.807, 2.05) is 0 Å². The number of aromatic amines is 1. The molecule has 1 aromatic rings. The zero-order valence-electron chi connectivity index (χ0n) is 12.8. The maximum atomic E-state index is 12.1. The van der Waals surface area contributed by atoms with Crippen LogP contribution in [0.2, 0.25) is 0 Å². The number of rotatable bonds is 3. The van der Waals surface area contributed by atoms with Gasteiger partial charge in [-0.15, -0.1) is 6.58 Å². The Hall–Kier alpha value is -1.86. The summed E-state index contributed by atoms with van der Waals surface area (Å²) in [7, 11) is 0. The highest BCUT2D eigenvalue weighted by Crippen LogP contribution is 2.39. The van der Waals surface area contributed by atoms with Crippen LogP contribution in [0.1, 0.15) is 37.7 Å². The zero-order chi connectivity index (χ0) is 16.4. The molecule has 0 radical (unpaired) electrons. The highest BCUT2D eigenvalue weighted by Gasteiger charge is 2.40. The van der Waals surface area contributed by atoms with Gasteiger partial charge in [-0.2, -0.15) is 0 Å². The Morgan fingerprint density at radius 2 is 2.13 bits per heavy atom. The lowest BCUT2D eigenvalue weighted by molar-refractivity contribution is -0.168. The van der Waals surface area contributed by atoms with E-state index in [4.69, 9.17) is 21.7 Å². The van der Waals surface area contributed by atoms with Crippen molar-refractivity contribution in [3.8, 4) is 5.88 Å². The van der Waals surface area contributed by atoms with Crippen molar-refractivity contribution in [2.24, 2.45) is 0 Å². The molecule has 1 spiro atoms. The molecule has 0 atom stereocenters. The van der Waals surface area contributed by atoms with Crippen LogP contribution in [0.4, 0.5) is 0 Å². The van der Waals surface area contributed by atoms with Crippen LogP contribution < -0.4 is 5.56 Å². The summed E-state index contributed by atoms with van der Waals surface area (Å²) in [6.07, 6.45) is 8.17. The molecule has 0 aromatic carbocycles. The number of hydrogen-bond acceptors (Lipinski definition) is 5. The van der Waals surface area contributed by atoms with Crippen molar-refractivity contribution in [1.29, 1.82) is 0 Å². The minimum Gasteiger partial charge on any atom is -0.494 e. The van der Waals surface area contributed by atoms with Gasteiger partial charge in [0.2, 0.25) is 11.7 Å². The molecule has 0 amide bonds. The zero-order valence-corrected chi connectivity index (χ0v) is 13.7. The van der Waals surface area contributed by atoms with E-state index in [9.17, 15) is 9.90 Å². The van der Waals surface area contributed by atoms with E-state index in [1.165, 1.54) is 17.1 Å². The van der Waals surface area contributed by atoms with E-state index < -0.39 is 11.3 Å². The highest BCUT2D eigenvalue weighted by atomic mass is 32.1. The average Bonchev–Trinajstić information content (AvgIpc) is 2.91. The second-order valence-corrected chi connectivity index (χ2v) is 6.26. The first kappa shape index (κ1) is 16.0. The first-order chi connectivity index (χ1) is 11.0. The number of hydrogen-bond donors (Lipinski definition) is 2. The Labute approximate surface area is 139 Å². The van der Waals surface area contributed by atoms with Crippen LogP contribution in [0.5, 0.6) is 5.88 Å². The van der Waals surface area contributed by atoms with Crippen LogP contribution in [0.25, 0.3) is 6.08 Å². The predicted molar refractivity (Wildman–Crippen MR) is 88.6 cm³/mol. The summed E-state index contributed by atoms with van der Waals surface area (Å²) < 4.78 is 13.3. The van der Waals surface area contributed by atoms with Crippen molar-refractivity contribution in [2.45, 2.75) is 44.4 Å². The molecule has 2 N–H and O–H groups in total. The van der Waals surface area contributed by atoms with Gasteiger partial charge < -0.3 is 14.6 Å².